The van der Waals surface area contributed by atoms with E-state index in [9.17, 15) is 8.42 Å². The lowest BCUT2D eigenvalue weighted by Crippen LogP contribution is -2.34. The van der Waals surface area contributed by atoms with E-state index < -0.39 is 10.0 Å². The third-order valence-electron chi connectivity index (χ3n) is 3.22. The van der Waals surface area contributed by atoms with Gasteiger partial charge in [0, 0.05) is 17.5 Å². The van der Waals surface area contributed by atoms with Crippen LogP contribution in [0.1, 0.15) is 17.7 Å². The van der Waals surface area contributed by atoms with Crippen LogP contribution in [0.25, 0.3) is 0 Å². The van der Waals surface area contributed by atoms with Gasteiger partial charge in [-0.25, -0.2) is 8.42 Å². The molecule has 0 bridgehead atoms. The fourth-order valence-corrected chi connectivity index (χ4v) is 6.08. The number of thiophene rings is 2. The summed E-state index contributed by atoms with van der Waals surface area (Å²) in [6.07, 6.45) is 2.69. The SMILES string of the molecule is O=S(=O)(c1ccc(Cl)s1)N(CCc1cccs1)C1CC1. The van der Waals surface area contributed by atoms with E-state index in [0.717, 1.165) is 30.6 Å². The summed E-state index contributed by atoms with van der Waals surface area (Å²) in [6, 6.07) is 7.45. The second-order valence-electron chi connectivity index (χ2n) is 4.73. The average molecular weight is 348 g/mol. The normalized spacial score (nSPS) is 15.9. The zero-order chi connectivity index (χ0) is 14.2. The van der Waals surface area contributed by atoms with Gasteiger partial charge in [-0.15, -0.1) is 22.7 Å². The molecule has 3 rings (SSSR count). The minimum absolute atomic E-state index is 0.167. The molecule has 2 aromatic heterocycles. The monoisotopic (exact) mass is 347 g/mol. The van der Waals surface area contributed by atoms with E-state index in [0.29, 0.717) is 15.1 Å². The van der Waals surface area contributed by atoms with Crippen molar-refractivity contribution in [3.05, 3.63) is 38.9 Å². The van der Waals surface area contributed by atoms with Gasteiger partial charge in [0.05, 0.1) is 4.34 Å². The van der Waals surface area contributed by atoms with Gasteiger partial charge >= 0.3 is 0 Å². The molecule has 0 N–H and O–H groups in total. The van der Waals surface area contributed by atoms with Crippen molar-refractivity contribution >= 4 is 44.3 Å². The standard InChI is InChI=1S/C13H14ClNO2S3/c14-12-5-6-13(19-12)20(16,17)15(10-3-4-10)8-7-11-2-1-9-18-11/h1-2,5-6,9-10H,3-4,7-8H2. The number of hydrogen-bond acceptors (Lipinski definition) is 4. The van der Waals surface area contributed by atoms with Crippen LogP contribution in [-0.2, 0) is 16.4 Å². The quantitative estimate of drug-likeness (QED) is 0.795. The molecule has 0 spiro atoms. The topological polar surface area (TPSA) is 37.4 Å². The summed E-state index contributed by atoms with van der Waals surface area (Å²) in [5.41, 5.74) is 0. The second-order valence-corrected chi connectivity index (χ2v) is 9.60. The largest absolute Gasteiger partial charge is 0.252 e. The Bertz CT molecular complexity index is 674. The third kappa shape index (κ3) is 3.09. The van der Waals surface area contributed by atoms with Crippen LogP contribution in [0.5, 0.6) is 0 Å². The molecule has 2 heterocycles. The Labute approximate surface area is 131 Å². The van der Waals surface area contributed by atoms with Crippen molar-refractivity contribution in [1.82, 2.24) is 4.31 Å². The number of halogens is 1. The van der Waals surface area contributed by atoms with Gasteiger partial charge in [0.1, 0.15) is 4.21 Å². The van der Waals surface area contributed by atoms with E-state index in [2.05, 4.69) is 0 Å². The number of nitrogens with zero attached hydrogens (tertiary/aromatic N) is 1. The van der Waals surface area contributed by atoms with Gasteiger partial charge in [0.2, 0.25) is 0 Å². The molecule has 2 aromatic rings. The molecule has 108 valence electrons. The molecule has 20 heavy (non-hydrogen) atoms. The third-order valence-corrected chi connectivity index (χ3v) is 7.81. The van der Waals surface area contributed by atoms with Gasteiger partial charge < -0.3 is 0 Å². The molecule has 0 aliphatic heterocycles. The molecule has 0 atom stereocenters. The molecular weight excluding hydrogens is 334 g/mol. The molecule has 1 aliphatic rings. The highest BCUT2D eigenvalue weighted by molar-refractivity contribution is 7.91. The lowest BCUT2D eigenvalue weighted by atomic mass is 10.3. The zero-order valence-electron chi connectivity index (χ0n) is 10.7. The molecule has 0 saturated heterocycles. The van der Waals surface area contributed by atoms with Crippen LogP contribution < -0.4 is 0 Å². The maximum absolute atomic E-state index is 12.7. The molecule has 0 amide bonds. The first-order valence-corrected chi connectivity index (χ1v) is 9.88. The van der Waals surface area contributed by atoms with Crippen molar-refractivity contribution < 1.29 is 8.42 Å². The fraction of sp³-hybridized carbons (Fsp3) is 0.385. The van der Waals surface area contributed by atoms with Gasteiger partial charge in [-0.2, -0.15) is 4.31 Å². The Morgan fingerprint density at radius 2 is 2.10 bits per heavy atom. The average Bonchev–Trinajstić information content (AvgIpc) is 2.90. The Morgan fingerprint density at radius 3 is 2.65 bits per heavy atom. The molecule has 7 heteroatoms. The van der Waals surface area contributed by atoms with Crippen molar-refractivity contribution in [3.8, 4) is 0 Å². The number of rotatable bonds is 6. The summed E-state index contributed by atoms with van der Waals surface area (Å²) in [5, 5.41) is 2.02. The van der Waals surface area contributed by atoms with Crippen LogP contribution in [0.2, 0.25) is 4.34 Å². The molecule has 0 radical (unpaired) electrons. The van der Waals surface area contributed by atoms with Crippen molar-refractivity contribution in [2.24, 2.45) is 0 Å². The Hall–Kier alpha value is -0.400. The van der Waals surface area contributed by atoms with Crippen LogP contribution >= 0.6 is 34.3 Å². The molecule has 1 aliphatic carbocycles. The summed E-state index contributed by atoms with van der Waals surface area (Å²) in [7, 11) is -3.40. The second kappa shape index (κ2) is 5.77. The summed E-state index contributed by atoms with van der Waals surface area (Å²) < 4.78 is 27.8. The number of sulfonamides is 1. The van der Waals surface area contributed by atoms with E-state index in [1.54, 1.807) is 27.8 Å². The molecular formula is C13H14ClNO2S3. The minimum Gasteiger partial charge on any atom is -0.206 e. The molecule has 0 aromatic carbocycles. The van der Waals surface area contributed by atoms with Gasteiger partial charge in [0.25, 0.3) is 10.0 Å². The Kier molecular flexibility index (Phi) is 4.19. The van der Waals surface area contributed by atoms with E-state index in [4.69, 9.17) is 11.6 Å². The van der Waals surface area contributed by atoms with Crippen LogP contribution in [0, 0.1) is 0 Å². The van der Waals surface area contributed by atoms with E-state index in [1.807, 2.05) is 17.5 Å². The van der Waals surface area contributed by atoms with Gasteiger partial charge in [-0.3, -0.25) is 0 Å². The lowest BCUT2D eigenvalue weighted by molar-refractivity contribution is 0.409. The van der Waals surface area contributed by atoms with Crippen molar-refractivity contribution in [1.29, 1.82) is 0 Å². The summed E-state index contributed by atoms with van der Waals surface area (Å²) in [5.74, 6) is 0. The first-order valence-electron chi connectivity index (χ1n) is 6.37. The fourth-order valence-electron chi connectivity index (χ4n) is 2.09. The highest BCUT2D eigenvalue weighted by Gasteiger charge is 2.38. The molecule has 3 nitrogen and oxygen atoms in total. The number of hydrogen-bond donors (Lipinski definition) is 0. The van der Waals surface area contributed by atoms with E-state index >= 15 is 0 Å². The zero-order valence-corrected chi connectivity index (χ0v) is 13.9. The van der Waals surface area contributed by atoms with E-state index in [-0.39, 0.29) is 6.04 Å². The summed E-state index contributed by atoms with van der Waals surface area (Å²) in [6.45, 7) is 0.545. The van der Waals surface area contributed by atoms with Crippen LogP contribution in [-0.4, -0.2) is 25.3 Å². The highest BCUT2D eigenvalue weighted by Crippen LogP contribution is 2.35. The maximum atomic E-state index is 12.7. The summed E-state index contributed by atoms with van der Waals surface area (Å²) in [4.78, 5) is 1.22. The van der Waals surface area contributed by atoms with Crippen LogP contribution in [0.15, 0.2) is 33.9 Å². The predicted octanol–water partition coefficient (Wildman–Crippen LogP) is 3.86. The maximum Gasteiger partial charge on any atom is 0.252 e. The smallest absolute Gasteiger partial charge is 0.206 e. The lowest BCUT2D eigenvalue weighted by Gasteiger charge is -2.20. The predicted molar refractivity (Wildman–Crippen MR) is 84.3 cm³/mol. The van der Waals surface area contributed by atoms with E-state index in [1.165, 1.54) is 4.88 Å². The molecule has 1 saturated carbocycles. The first kappa shape index (κ1) is 14.5. The van der Waals surface area contributed by atoms with Gasteiger partial charge in [-0.1, -0.05) is 17.7 Å². The van der Waals surface area contributed by atoms with Crippen molar-refractivity contribution in [3.63, 3.8) is 0 Å². The summed E-state index contributed by atoms with van der Waals surface area (Å²) >= 11 is 8.66. The van der Waals surface area contributed by atoms with Crippen LogP contribution in [0.3, 0.4) is 0 Å². The Morgan fingerprint density at radius 1 is 1.30 bits per heavy atom. The molecule has 0 unspecified atom stereocenters. The highest BCUT2D eigenvalue weighted by atomic mass is 35.5. The van der Waals surface area contributed by atoms with Crippen molar-refractivity contribution in [2.75, 3.05) is 6.54 Å². The van der Waals surface area contributed by atoms with Crippen LogP contribution in [0.4, 0.5) is 0 Å². The molecule has 1 fully saturated rings. The van der Waals surface area contributed by atoms with Gasteiger partial charge in [0.15, 0.2) is 0 Å². The van der Waals surface area contributed by atoms with Gasteiger partial charge in [-0.05, 0) is 42.8 Å². The first-order chi connectivity index (χ1) is 9.57. The van der Waals surface area contributed by atoms with Crippen molar-refractivity contribution in [2.45, 2.75) is 29.5 Å². The minimum atomic E-state index is -3.40. The Balaban J connectivity index is 1.79.